The first-order chi connectivity index (χ1) is 16.3. The standard InChI is InChI=1S/C23H21ClF3N5O2/c1-15(31-33-2)19-10-5-7-17(30-19)8-6-12-34-32-22(20-9-3-4-11-28-20)21-18(24)13-16(14-29-21)23(25,26)27/h3-5,7,9-11,13-14H,6,8,12H2,1-2H3/b31-15+,32-22-. The zero-order valence-electron chi connectivity index (χ0n) is 18.4. The highest BCUT2D eigenvalue weighted by Crippen LogP contribution is 2.31. The minimum atomic E-state index is -4.56. The van der Waals surface area contributed by atoms with Crippen LogP contribution in [0.1, 0.15) is 41.7 Å². The molecule has 0 amide bonds. The SMILES string of the molecule is CO/N=C(\C)c1cccc(CCCO/N=C(/c2ccccn2)c2ncc(C(F)(F)F)cc2Cl)n1. The maximum atomic E-state index is 13.0. The Morgan fingerprint density at radius 2 is 1.85 bits per heavy atom. The van der Waals surface area contributed by atoms with Crippen molar-refractivity contribution < 1.29 is 22.8 Å². The zero-order chi connectivity index (χ0) is 24.6. The van der Waals surface area contributed by atoms with Gasteiger partial charge in [0, 0.05) is 18.1 Å². The average Bonchev–Trinajstić information content (AvgIpc) is 2.82. The van der Waals surface area contributed by atoms with E-state index in [0.29, 0.717) is 36.1 Å². The number of alkyl halides is 3. The third-order valence-electron chi connectivity index (χ3n) is 4.53. The smallest absolute Gasteiger partial charge is 0.399 e. The first kappa shape index (κ1) is 25.1. The van der Waals surface area contributed by atoms with Crippen LogP contribution in [-0.4, -0.2) is 40.1 Å². The number of halogens is 4. The topological polar surface area (TPSA) is 81.9 Å². The summed E-state index contributed by atoms with van der Waals surface area (Å²) in [5.41, 5.74) is 1.78. The minimum absolute atomic E-state index is 0.0376. The molecule has 0 saturated heterocycles. The molecule has 3 aromatic rings. The van der Waals surface area contributed by atoms with Crippen LogP contribution in [0, 0.1) is 0 Å². The molecule has 3 rings (SSSR count). The molecule has 0 aromatic carbocycles. The van der Waals surface area contributed by atoms with Gasteiger partial charge in [0.05, 0.1) is 22.0 Å². The predicted molar refractivity (Wildman–Crippen MR) is 122 cm³/mol. The van der Waals surface area contributed by atoms with Gasteiger partial charge in [0.25, 0.3) is 0 Å². The lowest BCUT2D eigenvalue weighted by Crippen LogP contribution is -2.12. The van der Waals surface area contributed by atoms with Crippen LogP contribution < -0.4 is 0 Å². The second kappa shape index (κ2) is 11.6. The Kier molecular flexibility index (Phi) is 8.53. The van der Waals surface area contributed by atoms with Crippen molar-refractivity contribution in [3.63, 3.8) is 0 Å². The molecule has 7 nitrogen and oxygen atoms in total. The molecule has 0 radical (unpaired) electrons. The lowest BCUT2D eigenvalue weighted by Gasteiger charge is -2.11. The van der Waals surface area contributed by atoms with Crippen molar-refractivity contribution in [3.8, 4) is 0 Å². The Bertz CT molecular complexity index is 1170. The largest absolute Gasteiger partial charge is 0.417 e. The Morgan fingerprint density at radius 3 is 2.53 bits per heavy atom. The van der Waals surface area contributed by atoms with Crippen molar-refractivity contribution in [2.45, 2.75) is 25.9 Å². The number of nitrogens with zero attached hydrogens (tertiary/aromatic N) is 5. The van der Waals surface area contributed by atoms with E-state index >= 15 is 0 Å². The van der Waals surface area contributed by atoms with Crippen LogP contribution >= 0.6 is 11.6 Å². The Labute approximate surface area is 199 Å². The van der Waals surface area contributed by atoms with Crippen molar-refractivity contribution in [3.05, 3.63) is 88.2 Å². The Morgan fingerprint density at radius 1 is 1.06 bits per heavy atom. The summed E-state index contributed by atoms with van der Waals surface area (Å²) in [6, 6.07) is 11.4. The van der Waals surface area contributed by atoms with Crippen LogP contribution in [-0.2, 0) is 22.3 Å². The van der Waals surface area contributed by atoms with Crippen molar-refractivity contribution in [2.75, 3.05) is 13.7 Å². The molecule has 34 heavy (non-hydrogen) atoms. The molecule has 178 valence electrons. The molecule has 0 saturated carbocycles. The lowest BCUT2D eigenvalue weighted by molar-refractivity contribution is -0.137. The molecule has 3 heterocycles. The van der Waals surface area contributed by atoms with E-state index in [1.165, 1.54) is 13.3 Å². The van der Waals surface area contributed by atoms with Crippen LogP contribution in [0.3, 0.4) is 0 Å². The summed E-state index contributed by atoms with van der Waals surface area (Å²) in [5, 5.41) is 7.75. The molecule has 3 aromatic heterocycles. The molecular weight excluding hydrogens is 471 g/mol. The first-order valence-corrected chi connectivity index (χ1v) is 10.6. The van der Waals surface area contributed by atoms with Gasteiger partial charge in [-0.05, 0) is 50.1 Å². The summed E-state index contributed by atoms with van der Waals surface area (Å²) in [6.45, 7) is 2.03. The molecule has 0 fully saturated rings. The molecule has 11 heteroatoms. The van der Waals surface area contributed by atoms with Crippen molar-refractivity contribution in [1.29, 1.82) is 0 Å². The molecule has 0 aliphatic heterocycles. The Balaban J connectivity index is 1.72. The van der Waals surface area contributed by atoms with E-state index in [2.05, 4.69) is 25.3 Å². The quantitative estimate of drug-likeness (QED) is 0.230. The summed E-state index contributed by atoms with van der Waals surface area (Å²) in [7, 11) is 1.47. The summed E-state index contributed by atoms with van der Waals surface area (Å²) >= 11 is 6.11. The number of pyridine rings is 3. The van der Waals surface area contributed by atoms with E-state index in [-0.39, 0.29) is 23.0 Å². The van der Waals surface area contributed by atoms with E-state index in [9.17, 15) is 13.2 Å². The van der Waals surface area contributed by atoms with Gasteiger partial charge < -0.3 is 9.68 Å². The fourth-order valence-electron chi connectivity index (χ4n) is 2.91. The maximum Gasteiger partial charge on any atom is 0.417 e. The lowest BCUT2D eigenvalue weighted by atomic mass is 10.1. The molecule has 0 unspecified atom stereocenters. The summed E-state index contributed by atoms with van der Waals surface area (Å²) in [5.74, 6) is 0. The number of aryl methyl sites for hydroxylation is 1. The fourth-order valence-corrected chi connectivity index (χ4v) is 3.17. The molecule has 0 aliphatic rings. The van der Waals surface area contributed by atoms with Crippen molar-refractivity contribution in [2.24, 2.45) is 10.3 Å². The highest BCUT2D eigenvalue weighted by atomic mass is 35.5. The molecular formula is C23H21ClF3N5O2. The maximum absolute atomic E-state index is 13.0. The second-order valence-corrected chi connectivity index (χ2v) is 7.42. The van der Waals surface area contributed by atoms with Crippen LogP contribution in [0.4, 0.5) is 13.2 Å². The van der Waals surface area contributed by atoms with E-state index < -0.39 is 11.7 Å². The molecule has 0 aliphatic carbocycles. The van der Waals surface area contributed by atoms with Gasteiger partial charge in [-0.1, -0.05) is 34.0 Å². The number of aromatic nitrogens is 3. The van der Waals surface area contributed by atoms with Crippen LogP contribution in [0.15, 0.2) is 65.2 Å². The van der Waals surface area contributed by atoms with E-state index in [1.54, 1.807) is 25.1 Å². The van der Waals surface area contributed by atoms with E-state index in [0.717, 1.165) is 11.8 Å². The summed E-state index contributed by atoms with van der Waals surface area (Å²) in [6.07, 6.45) is -1.14. The first-order valence-electron chi connectivity index (χ1n) is 10.2. The number of hydrogen-bond donors (Lipinski definition) is 0. The van der Waals surface area contributed by atoms with Gasteiger partial charge in [0.1, 0.15) is 25.1 Å². The van der Waals surface area contributed by atoms with Crippen LogP contribution in [0.25, 0.3) is 0 Å². The predicted octanol–water partition coefficient (Wildman–Crippen LogP) is 5.32. The molecule has 0 bridgehead atoms. The van der Waals surface area contributed by atoms with Crippen molar-refractivity contribution >= 4 is 23.0 Å². The third kappa shape index (κ3) is 6.74. The van der Waals surface area contributed by atoms with E-state index in [1.807, 2.05) is 18.2 Å². The highest BCUT2D eigenvalue weighted by molar-refractivity contribution is 6.35. The summed E-state index contributed by atoms with van der Waals surface area (Å²) < 4.78 is 38.9. The third-order valence-corrected chi connectivity index (χ3v) is 4.82. The number of rotatable bonds is 9. The molecule has 0 N–H and O–H groups in total. The molecule has 0 spiro atoms. The van der Waals surface area contributed by atoms with Crippen LogP contribution in [0.2, 0.25) is 5.02 Å². The van der Waals surface area contributed by atoms with E-state index in [4.69, 9.17) is 21.3 Å². The van der Waals surface area contributed by atoms with Gasteiger partial charge >= 0.3 is 6.18 Å². The molecule has 0 atom stereocenters. The van der Waals surface area contributed by atoms with Gasteiger partial charge in [-0.25, -0.2) is 0 Å². The van der Waals surface area contributed by atoms with Gasteiger partial charge in [-0.2, -0.15) is 13.2 Å². The average molecular weight is 492 g/mol. The monoisotopic (exact) mass is 491 g/mol. The zero-order valence-corrected chi connectivity index (χ0v) is 19.1. The minimum Gasteiger partial charge on any atom is -0.399 e. The normalized spacial score (nSPS) is 12.5. The van der Waals surface area contributed by atoms with Crippen LogP contribution in [0.5, 0.6) is 0 Å². The van der Waals surface area contributed by atoms with Gasteiger partial charge in [-0.3, -0.25) is 15.0 Å². The van der Waals surface area contributed by atoms with Crippen molar-refractivity contribution in [1.82, 2.24) is 15.0 Å². The number of hydrogen-bond acceptors (Lipinski definition) is 7. The highest BCUT2D eigenvalue weighted by Gasteiger charge is 2.32. The second-order valence-electron chi connectivity index (χ2n) is 7.02. The van der Waals surface area contributed by atoms with Gasteiger partial charge in [-0.15, -0.1) is 0 Å². The summed E-state index contributed by atoms with van der Waals surface area (Å²) in [4.78, 5) is 22.8. The Hall–Kier alpha value is -3.53. The fraction of sp³-hybridized carbons (Fsp3) is 0.261. The van der Waals surface area contributed by atoms with Gasteiger partial charge in [0.2, 0.25) is 0 Å². The van der Waals surface area contributed by atoms with Gasteiger partial charge in [0.15, 0.2) is 5.71 Å². The number of oxime groups is 2.